The molecular formula is C58H38N6O. The molecule has 0 fully saturated rings. The summed E-state index contributed by atoms with van der Waals surface area (Å²) in [4.78, 5) is 25.9. The van der Waals surface area contributed by atoms with Crippen LogP contribution in [0.15, 0.2) is 199 Å². The number of aromatic nitrogens is 6. The lowest BCUT2D eigenvalue weighted by Crippen LogP contribution is -2.17. The third-order valence-electron chi connectivity index (χ3n) is 13.0. The maximum atomic E-state index is 6.56. The van der Waals surface area contributed by atoms with Crippen molar-refractivity contribution in [3.63, 3.8) is 0 Å². The predicted octanol–water partition coefficient (Wildman–Crippen LogP) is 14.3. The fourth-order valence-electron chi connectivity index (χ4n) is 9.81. The second-order valence-electron chi connectivity index (χ2n) is 17.3. The molecule has 4 heterocycles. The molecule has 13 rings (SSSR count). The van der Waals surface area contributed by atoms with Crippen molar-refractivity contribution in [3.8, 4) is 73.4 Å². The molecule has 4 aromatic heterocycles. The van der Waals surface area contributed by atoms with Gasteiger partial charge in [-0.3, -0.25) is 4.57 Å². The van der Waals surface area contributed by atoms with Gasteiger partial charge in [0.1, 0.15) is 16.7 Å². The van der Waals surface area contributed by atoms with Crippen molar-refractivity contribution in [2.45, 2.75) is 19.3 Å². The molecule has 306 valence electrons. The molecule has 0 aliphatic heterocycles. The van der Waals surface area contributed by atoms with Crippen LogP contribution in [0, 0.1) is 0 Å². The van der Waals surface area contributed by atoms with E-state index in [9.17, 15) is 0 Å². The SMILES string of the molecule is CC1(C)c2ccccc2-c2nc3c4cc(-c5ccc6oc7cccc(-c8cccc(-c9nc(-c%10ccccc%10)nc(-c%10ccccc%10)n9)c8)c7c6c5)ccc4n(-c4ccccc4)c3nc21. The fraction of sp³-hybridized carbons (Fsp3) is 0.0517. The van der Waals surface area contributed by atoms with Crippen molar-refractivity contribution < 1.29 is 4.42 Å². The van der Waals surface area contributed by atoms with Crippen LogP contribution in [0.3, 0.4) is 0 Å². The average Bonchev–Trinajstić information content (AvgIpc) is 3.98. The van der Waals surface area contributed by atoms with Gasteiger partial charge in [0, 0.05) is 49.5 Å². The minimum atomic E-state index is -0.274. The third-order valence-corrected chi connectivity index (χ3v) is 13.0. The van der Waals surface area contributed by atoms with E-state index in [2.05, 4.69) is 146 Å². The zero-order valence-corrected chi connectivity index (χ0v) is 35.6. The molecule has 0 N–H and O–H groups in total. The van der Waals surface area contributed by atoms with Gasteiger partial charge in [0.05, 0.1) is 16.9 Å². The van der Waals surface area contributed by atoms with Crippen molar-refractivity contribution in [2.75, 3.05) is 0 Å². The second kappa shape index (κ2) is 14.2. The molecule has 65 heavy (non-hydrogen) atoms. The monoisotopic (exact) mass is 834 g/mol. The van der Waals surface area contributed by atoms with Crippen LogP contribution in [0.4, 0.5) is 0 Å². The van der Waals surface area contributed by atoms with E-state index in [-0.39, 0.29) is 5.41 Å². The van der Waals surface area contributed by atoms with Gasteiger partial charge >= 0.3 is 0 Å². The fourth-order valence-corrected chi connectivity index (χ4v) is 9.81. The van der Waals surface area contributed by atoms with Crippen molar-refractivity contribution in [3.05, 3.63) is 205 Å². The molecule has 0 atom stereocenters. The Balaban J connectivity index is 0.956. The second-order valence-corrected chi connectivity index (χ2v) is 17.3. The molecule has 0 spiro atoms. The number of fused-ring (bicyclic) bond motifs is 9. The van der Waals surface area contributed by atoms with E-state index < -0.39 is 0 Å². The molecule has 0 bridgehead atoms. The van der Waals surface area contributed by atoms with Gasteiger partial charge in [0.25, 0.3) is 0 Å². The Labute approximate surface area is 374 Å². The van der Waals surface area contributed by atoms with Gasteiger partial charge in [-0.25, -0.2) is 24.9 Å². The van der Waals surface area contributed by atoms with Gasteiger partial charge in [-0.2, -0.15) is 0 Å². The lowest BCUT2D eigenvalue weighted by Gasteiger charge is -2.19. The van der Waals surface area contributed by atoms with E-state index in [1.165, 1.54) is 5.56 Å². The summed E-state index contributed by atoms with van der Waals surface area (Å²) >= 11 is 0. The van der Waals surface area contributed by atoms with E-state index >= 15 is 0 Å². The summed E-state index contributed by atoms with van der Waals surface area (Å²) in [6, 6.07) is 67.2. The maximum absolute atomic E-state index is 6.56. The topological polar surface area (TPSA) is 82.5 Å². The summed E-state index contributed by atoms with van der Waals surface area (Å²) in [7, 11) is 0. The van der Waals surface area contributed by atoms with Crippen molar-refractivity contribution in [1.82, 2.24) is 29.5 Å². The van der Waals surface area contributed by atoms with Crippen LogP contribution in [0.1, 0.15) is 25.1 Å². The van der Waals surface area contributed by atoms with Crippen LogP contribution in [-0.4, -0.2) is 29.5 Å². The number of hydrogen-bond acceptors (Lipinski definition) is 6. The molecule has 0 saturated heterocycles. The molecule has 0 unspecified atom stereocenters. The number of para-hydroxylation sites is 1. The first-order valence-corrected chi connectivity index (χ1v) is 21.9. The largest absolute Gasteiger partial charge is 0.456 e. The smallest absolute Gasteiger partial charge is 0.164 e. The number of nitrogens with zero attached hydrogens (tertiary/aromatic N) is 6. The summed E-state index contributed by atoms with van der Waals surface area (Å²) in [5.74, 6) is 1.87. The van der Waals surface area contributed by atoms with Gasteiger partial charge in [-0.1, -0.05) is 159 Å². The van der Waals surface area contributed by atoms with Gasteiger partial charge in [0.15, 0.2) is 23.1 Å². The van der Waals surface area contributed by atoms with Gasteiger partial charge in [-0.15, -0.1) is 0 Å². The van der Waals surface area contributed by atoms with Crippen LogP contribution in [0.25, 0.3) is 117 Å². The molecule has 7 nitrogen and oxygen atoms in total. The summed E-state index contributed by atoms with van der Waals surface area (Å²) in [6.45, 7) is 4.50. The van der Waals surface area contributed by atoms with E-state index in [0.717, 1.165) is 106 Å². The van der Waals surface area contributed by atoms with E-state index in [1.807, 2.05) is 66.7 Å². The average molecular weight is 835 g/mol. The lowest BCUT2D eigenvalue weighted by molar-refractivity contribution is 0.637. The number of furan rings is 1. The Hall–Kier alpha value is -8.55. The zero-order chi connectivity index (χ0) is 43.2. The summed E-state index contributed by atoms with van der Waals surface area (Å²) in [6.07, 6.45) is 0. The minimum Gasteiger partial charge on any atom is -0.456 e. The summed E-state index contributed by atoms with van der Waals surface area (Å²) in [5, 5.41) is 3.15. The van der Waals surface area contributed by atoms with Gasteiger partial charge in [0.2, 0.25) is 0 Å². The van der Waals surface area contributed by atoms with E-state index in [4.69, 9.17) is 29.3 Å². The molecule has 1 aliphatic carbocycles. The first-order chi connectivity index (χ1) is 32.0. The Morgan fingerprint density at radius 2 is 1.02 bits per heavy atom. The maximum Gasteiger partial charge on any atom is 0.164 e. The van der Waals surface area contributed by atoms with Crippen LogP contribution in [-0.2, 0) is 5.41 Å². The van der Waals surface area contributed by atoms with Crippen LogP contribution >= 0.6 is 0 Å². The molecule has 12 aromatic rings. The van der Waals surface area contributed by atoms with Crippen molar-refractivity contribution >= 4 is 44.0 Å². The first-order valence-electron chi connectivity index (χ1n) is 21.9. The van der Waals surface area contributed by atoms with Crippen LogP contribution in [0.5, 0.6) is 0 Å². The normalized spacial score (nSPS) is 12.9. The van der Waals surface area contributed by atoms with E-state index in [0.29, 0.717) is 17.5 Å². The Morgan fingerprint density at radius 3 is 1.75 bits per heavy atom. The van der Waals surface area contributed by atoms with Gasteiger partial charge in [-0.05, 0) is 76.3 Å². The Kier molecular flexibility index (Phi) is 8.12. The van der Waals surface area contributed by atoms with Gasteiger partial charge < -0.3 is 4.42 Å². The number of rotatable bonds is 6. The molecule has 7 heteroatoms. The first kappa shape index (κ1) is 37.0. The Bertz CT molecular complexity index is 3800. The molecule has 0 amide bonds. The molecule has 8 aromatic carbocycles. The molecule has 0 radical (unpaired) electrons. The highest BCUT2D eigenvalue weighted by atomic mass is 16.3. The van der Waals surface area contributed by atoms with E-state index in [1.54, 1.807) is 0 Å². The highest BCUT2D eigenvalue weighted by molar-refractivity contribution is 6.14. The molecule has 1 aliphatic rings. The molecule has 0 saturated carbocycles. The molecular weight excluding hydrogens is 797 g/mol. The zero-order valence-electron chi connectivity index (χ0n) is 35.6. The summed E-state index contributed by atoms with van der Waals surface area (Å²) < 4.78 is 8.82. The predicted molar refractivity (Wildman–Crippen MR) is 262 cm³/mol. The number of hydrogen-bond donors (Lipinski definition) is 0. The van der Waals surface area contributed by atoms with Crippen molar-refractivity contribution in [1.29, 1.82) is 0 Å². The highest BCUT2D eigenvalue weighted by Gasteiger charge is 2.39. The minimum absolute atomic E-state index is 0.274. The Morgan fingerprint density at radius 1 is 0.431 bits per heavy atom. The quantitative estimate of drug-likeness (QED) is 0.166. The van der Waals surface area contributed by atoms with Crippen LogP contribution < -0.4 is 0 Å². The van der Waals surface area contributed by atoms with Crippen LogP contribution in [0.2, 0.25) is 0 Å². The highest BCUT2D eigenvalue weighted by Crippen LogP contribution is 2.48. The third kappa shape index (κ3) is 5.86. The number of benzene rings is 8. The summed E-state index contributed by atoms with van der Waals surface area (Å²) in [5.41, 5.74) is 16.6. The lowest BCUT2D eigenvalue weighted by atomic mass is 9.85. The standard InChI is InChI=1S/C58H38N6O/c1-58(2)46-26-13-12-24-43(46)51-53(58)60-57-52(59-51)44-33-37(28-30-47(44)64(57)41-22-10-5-11-23-41)38-29-31-48-45(34-38)50-42(25-15-27-49(50)65-48)39-20-14-21-40(32-39)56-62-54(35-16-6-3-7-17-35)61-55(63-56)36-18-8-4-9-19-36/h3-34H,1-2H3. The van der Waals surface area contributed by atoms with Crippen molar-refractivity contribution in [2.24, 2.45) is 0 Å².